The quantitative estimate of drug-likeness (QED) is 0.0254. The van der Waals surface area contributed by atoms with E-state index >= 15 is 0 Å². The molecule has 1 spiro atoms. The summed E-state index contributed by atoms with van der Waals surface area (Å²) >= 11 is 5.93. The van der Waals surface area contributed by atoms with Crippen molar-refractivity contribution < 1.29 is 122 Å². The molecule has 31 heteroatoms. The van der Waals surface area contributed by atoms with Gasteiger partial charge >= 0.3 is 29.5 Å². The van der Waals surface area contributed by atoms with Crippen molar-refractivity contribution in [2.24, 2.45) is 0 Å². The molecular weight excluding hydrogens is 1170 g/mol. The highest BCUT2D eigenvalue weighted by atomic mass is 35.5. The SMILES string of the molecule is O=C(O)CC[C@H](NC(=O)CCC(=O)Nc1ccc2c(c1)C(=O)OC21c2ccc(OC3O[C@@H](C(=O)O)[C@H](O)[C@@H](O)[C@@H]3O)cc2Oc2cc(OC3O[C@H](C(=O)O)[C@@H](O)[C@H](O)[C@H]3O)ccc21)C(=O)NCCCCNC(=O)c1cc2cc(Cl)c(O)cc2oc1=O. The van der Waals surface area contributed by atoms with Gasteiger partial charge in [0.2, 0.25) is 30.3 Å². The molecule has 0 saturated carbocycles. The second kappa shape index (κ2) is 25.3. The first-order valence-electron chi connectivity index (χ1n) is 26.2. The van der Waals surface area contributed by atoms with Crippen LogP contribution < -0.4 is 41.1 Å². The van der Waals surface area contributed by atoms with Gasteiger partial charge in [0.05, 0.1) is 10.6 Å². The molecule has 4 aliphatic heterocycles. The largest absolute Gasteiger partial charge is 0.506 e. The number of fused-ring (bicyclic) bond motifs is 7. The number of carboxylic acids is 3. The maximum atomic E-state index is 14.1. The maximum Gasteiger partial charge on any atom is 0.349 e. The van der Waals surface area contributed by atoms with Crippen molar-refractivity contribution in [2.45, 2.75) is 112 Å². The van der Waals surface area contributed by atoms with E-state index in [9.17, 15) is 94.2 Å². The number of hydrogen-bond donors (Lipinski definition) is 14. The Morgan fingerprint density at radius 2 is 1.20 bits per heavy atom. The Bertz CT molecular complexity index is 3500. The first-order chi connectivity index (χ1) is 40.8. The number of benzene rings is 4. The fraction of sp³-hybridized carbons (Fsp3) is 0.364. The van der Waals surface area contributed by atoms with Crippen LogP contribution in [0.5, 0.6) is 28.7 Å². The van der Waals surface area contributed by atoms with Gasteiger partial charge in [-0.05, 0) is 67.8 Å². The number of carbonyl (C=O) groups excluding carboxylic acids is 5. The maximum absolute atomic E-state index is 14.1. The van der Waals surface area contributed by atoms with Gasteiger partial charge < -0.3 is 105 Å². The summed E-state index contributed by atoms with van der Waals surface area (Å²) in [6.45, 7) is 0.0955. The predicted molar refractivity (Wildman–Crippen MR) is 285 cm³/mol. The fourth-order valence-electron chi connectivity index (χ4n) is 9.90. The van der Waals surface area contributed by atoms with Gasteiger partial charge in [-0.2, -0.15) is 0 Å². The number of nitrogens with one attached hydrogen (secondary N) is 4. The lowest BCUT2D eigenvalue weighted by molar-refractivity contribution is -0.271. The Morgan fingerprint density at radius 3 is 1.77 bits per heavy atom. The zero-order chi connectivity index (χ0) is 62.1. The number of phenols is 1. The molecule has 12 atom stereocenters. The molecule has 0 bridgehead atoms. The molecule has 0 aliphatic carbocycles. The topological polar surface area (TPSA) is 473 Å². The number of ether oxygens (including phenoxy) is 6. The number of aliphatic hydroxyl groups is 6. The summed E-state index contributed by atoms with van der Waals surface area (Å²) in [6, 6.07) is 14.3. The lowest BCUT2D eigenvalue weighted by atomic mass is 9.77. The third-order valence-corrected chi connectivity index (χ3v) is 14.6. The van der Waals surface area contributed by atoms with Crippen molar-refractivity contribution >= 4 is 75.8 Å². The van der Waals surface area contributed by atoms with E-state index in [1.807, 2.05) is 0 Å². The summed E-state index contributed by atoms with van der Waals surface area (Å²) in [4.78, 5) is 114. The first kappa shape index (κ1) is 61.6. The monoisotopic (exact) mass is 1220 g/mol. The van der Waals surface area contributed by atoms with Crippen LogP contribution in [0.1, 0.15) is 75.9 Å². The van der Waals surface area contributed by atoms with Crippen LogP contribution in [0, 0.1) is 0 Å². The lowest BCUT2D eigenvalue weighted by Crippen LogP contribution is -2.61. The number of aromatic hydroxyl groups is 1. The van der Waals surface area contributed by atoms with Crippen molar-refractivity contribution in [3.63, 3.8) is 0 Å². The Labute approximate surface area is 487 Å². The van der Waals surface area contributed by atoms with Crippen molar-refractivity contribution in [3.8, 4) is 28.7 Å². The summed E-state index contributed by atoms with van der Waals surface area (Å²) in [5, 5.41) is 111. The van der Waals surface area contributed by atoms with Crippen molar-refractivity contribution in [1.29, 1.82) is 0 Å². The van der Waals surface area contributed by atoms with Crippen LogP contribution in [0.4, 0.5) is 5.69 Å². The number of carbonyl (C=O) groups is 8. The van der Waals surface area contributed by atoms with Crippen molar-refractivity contribution in [1.82, 2.24) is 16.0 Å². The van der Waals surface area contributed by atoms with Gasteiger partial charge in [-0.3, -0.25) is 24.0 Å². The Morgan fingerprint density at radius 1 is 0.640 bits per heavy atom. The van der Waals surface area contributed by atoms with Crippen LogP contribution in [0.2, 0.25) is 5.02 Å². The van der Waals surface area contributed by atoms with Crippen molar-refractivity contribution in [3.05, 3.63) is 116 Å². The van der Waals surface area contributed by atoms with Crippen molar-refractivity contribution in [2.75, 3.05) is 18.4 Å². The average Bonchev–Trinajstić information content (AvgIpc) is 1.45. The molecule has 3 unspecified atom stereocenters. The highest BCUT2D eigenvalue weighted by Gasteiger charge is 2.55. The average molecular weight is 1220 g/mol. The van der Waals surface area contributed by atoms with Crippen LogP contribution in [-0.4, -0.2) is 179 Å². The molecule has 5 aromatic rings. The minimum Gasteiger partial charge on any atom is -0.506 e. The van der Waals surface area contributed by atoms with Gasteiger partial charge in [0.15, 0.2) is 17.8 Å². The van der Waals surface area contributed by atoms with E-state index in [2.05, 4.69) is 21.3 Å². The normalized spacial score (nSPS) is 24.8. The third-order valence-electron chi connectivity index (χ3n) is 14.3. The molecule has 4 aliphatic rings. The van der Waals surface area contributed by atoms with Gasteiger partial charge in [0, 0.05) is 78.3 Å². The molecule has 2 saturated heterocycles. The second-order valence-corrected chi connectivity index (χ2v) is 20.5. The zero-order valence-electron chi connectivity index (χ0n) is 44.3. The number of aliphatic hydroxyl groups excluding tert-OH is 6. The highest BCUT2D eigenvalue weighted by Crippen LogP contribution is 2.57. The number of esters is 1. The minimum atomic E-state index is -2.04. The van der Waals surface area contributed by atoms with Crippen LogP contribution in [0.25, 0.3) is 11.0 Å². The summed E-state index contributed by atoms with van der Waals surface area (Å²) in [6.07, 6.45) is -21.1. The molecule has 9 rings (SSSR count). The lowest BCUT2D eigenvalue weighted by Gasteiger charge is -2.39. The number of anilines is 1. The number of aliphatic carboxylic acids is 3. The predicted octanol–water partition coefficient (Wildman–Crippen LogP) is -0.343. The number of hydrogen-bond acceptors (Lipinski definition) is 23. The number of phenolic OH excluding ortho intramolecular Hbond substituents is 1. The summed E-state index contributed by atoms with van der Waals surface area (Å²) in [7, 11) is 0. The third kappa shape index (κ3) is 12.7. The van der Waals surface area contributed by atoms with Crippen LogP contribution in [-0.2, 0) is 48.6 Å². The molecule has 4 aromatic carbocycles. The molecule has 4 amide bonds. The number of halogens is 1. The fourth-order valence-corrected chi connectivity index (χ4v) is 10.1. The Hall–Kier alpha value is -8.98. The highest BCUT2D eigenvalue weighted by molar-refractivity contribution is 6.32. The summed E-state index contributed by atoms with van der Waals surface area (Å²) < 4.78 is 39.7. The van der Waals surface area contributed by atoms with E-state index in [4.69, 9.17) is 44.4 Å². The van der Waals surface area contributed by atoms with E-state index < -0.39 is 145 Å². The van der Waals surface area contributed by atoms with Gasteiger partial charge in [-0.1, -0.05) is 17.7 Å². The van der Waals surface area contributed by atoms with Crippen LogP contribution >= 0.6 is 11.6 Å². The van der Waals surface area contributed by atoms with E-state index in [-0.39, 0.29) is 92.4 Å². The molecule has 86 heavy (non-hydrogen) atoms. The molecular formula is C55H53ClN4O26. The molecule has 5 heterocycles. The number of carboxylic acid groups (broad SMARTS) is 3. The molecule has 0 radical (unpaired) electrons. The van der Waals surface area contributed by atoms with Gasteiger partial charge in [0.1, 0.15) is 82.6 Å². The van der Waals surface area contributed by atoms with E-state index in [0.29, 0.717) is 18.2 Å². The molecule has 14 N–H and O–H groups in total. The van der Waals surface area contributed by atoms with E-state index in [0.717, 1.165) is 6.07 Å². The van der Waals surface area contributed by atoms with Gasteiger partial charge in [-0.15, -0.1) is 0 Å². The summed E-state index contributed by atoms with van der Waals surface area (Å²) in [5.41, 5.74) is -2.81. The standard InChI is InChI=1S/C55H53ClN4O26/c56-30-16-21-15-26(51(78)83-33(21)20-32(30)61)47(72)57-13-1-2-14-58-48(73)31(9-12-38(64)65)60-37(63)11-10-36(62)59-22-3-6-27-25(17-22)52(79)86-55(27)28-7-4-23(80-53-43(70)39(66)41(68)45(84-53)49(74)75)18-34(28)82-35-19-24(5-8-29(35)55)81-54-44(71)40(67)42(69)46(85-54)50(76)77/h3-8,15-20,31,39-46,53-54,61,66-71H,1-2,9-14H2,(H,57,72)(H,58,73)(H,59,62)(H,60,63)(H,64,65)(H,74,75)(H,76,77)/t31-,39-,40+,41-,42+,43+,44-,45-,46+,53?,54?,55?/m0/s1. The van der Waals surface area contributed by atoms with E-state index in [1.165, 1.54) is 66.7 Å². The number of amides is 4. The Balaban J connectivity index is 0.861. The number of rotatable bonds is 21. The van der Waals surface area contributed by atoms with Gasteiger partial charge in [0.25, 0.3) is 5.91 Å². The molecule has 30 nitrogen and oxygen atoms in total. The van der Waals surface area contributed by atoms with E-state index in [1.54, 1.807) is 0 Å². The molecule has 456 valence electrons. The Kier molecular flexibility index (Phi) is 18.1. The second-order valence-electron chi connectivity index (χ2n) is 20.1. The van der Waals surface area contributed by atoms with Crippen LogP contribution in [0.15, 0.2) is 82.0 Å². The summed E-state index contributed by atoms with van der Waals surface area (Å²) in [5.74, 6) is -9.52. The molecule has 2 fully saturated rings. The minimum absolute atomic E-state index is 0.0134. The first-order valence-corrected chi connectivity index (χ1v) is 26.6. The smallest absolute Gasteiger partial charge is 0.349 e. The zero-order valence-corrected chi connectivity index (χ0v) is 45.1. The number of unbranched alkanes of at least 4 members (excludes halogenated alkanes) is 1. The van der Waals surface area contributed by atoms with Crippen LogP contribution in [0.3, 0.4) is 0 Å². The van der Waals surface area contributed by atoms with Gasteiger partial charge in [-0.25, -0.2) is 19.2 Å². The molecule has 1 aromatic heterocycles.